The van der Waals surface area contributed by atoms with Gasteiger partial charge in [0.25, 0.3) is 5.89 Å². The number of hydrogen-bond acceptors (Lipinski definition) is 6. The van der Waals surface area contributed by atoms with Crippen molar-refractivity contribution < 1.29 is 22.8 Å². The number of ether oxygens (including phenoxy) is 1. The summed E-state index contributed by atoms with van der Waals surface area (Å²) in [6.07, 6.45) is 0.0340. The van der Waals surface area contributed by atoms with E-state index in [0.717, 1.165) is 18.7 Å². The minimum absolute atomic E-state index is 0.00143. The van der Waals surface area contributed by atoms with Crippen molar-refractivity contribution in [2.45, 2.75) is 19.1 Å². The molecule has 7 nitrogen and oxygen atoms in total. The molecule has 9 heteroatoms. The summed E-state index contributed by atoms with van der Waals surface area (Å²) in [5.74, 6) is -1.96. The molecule has 1 unspecified atom stereocenters. The second-order valence-electron chi connectivity index (χ2n) is 5.29. The fourth-order valence-electron chi connectivity index (χ4n) is 2.34. The van der Waals surface area contributed by atoms with Gasteiger partial charge in [-0.3, -0.25) is 4.79 Å². The first-order valence-electron chi connectivity index (χ1n) is 7.49. The molecule has 1 aromatic carbocycles. The zero-order chi connectivity index (χ0) is 16.9. The summed E-state index contributed by atoms with van der Waals surface area (Å²) in [5.41, 5.74) is -0.385. The molecule has 1 aromatic heterocycles. The molecule has 1 amide bonds. The Morgan fingerprint density at radius 3 is 2.88 bits per heavy atom. The second kappa shape index (κ2) is 7.45. The number of amides is 1. The van der Waals surface area contributed by atoms with E-state index >= 15 is 0 Å². The van der Waals surface area contributed by atoms with E-state index in [4.69, 9.17) is 9.26 Å². The molecule has 1 aliphatic heterocycles. The van der Waals surface area contributed by atoms with E-state index in [9.17, 15) is 13.6 Å². The highest BCUT2D eigenvalue weighted by molar-refractivity contribution is 5.76. The number of halogens is 2. The number of morpholine rings is 1. The molecule has 0 bridgehead atoms. The van der Waals surface area contributed by atoms with Crippen LogP contribution in [0, 0.1) is 11.6 Å². The van der Waals surface area contributed by atoms with E-state index < -0.39 is 11.6 Å². The molecular formula is C15H16F2N4O3. The number of aromatic nitrogens is 2. The standard InChI is InChI=1S/C15H16F2N4O3/c16-10-2-1-3-11(17)14(10)15-20-12(21-24-15)8-19-13(22)6-9-7-18-4-5-23-9/h1-3,9,18H,4-8H2,(H,19,22). The highest BCUT2D eigenvalue weighted by Gasteiger charge is 2.20. The molecule has 2 aromatic rings. The Morgan fingerprint density at radius 2 is 2.17 bits per heavy atom. The molecule has 2 heterocycles. The smallest absolute Gasteiger partial charge is 0.263 e. The van der Waals surface area contributed by atoms with Crippen molar-refractivity contribution in [1.29, 1.82) is 0 Å². The van der Waals surface area contributed by atoms with Crippen LogP contribution in [0.15, 0.2) is 22.7 Å². The molecule has 2 N–H and O–H groups in total. The second-order valence-corrected chi connectivity index (χ2v) is 5.29. The van der Waals surface area contributed by atoms with Crippen molar-refractivity contribution in [3.05, 3.63) is 35.7 Å². The number of hydrogen-bond donors (Lipinski definition) is 2. The van der Waals surface area contributed by atoms with Gasteiger partial charge < -0.3 is 19.9 Å². The van der Waals surface area contributed by atoms with E-state index in [1.54, 1.807) is 0 Å². The SMILES string of the molecule is O=C(CC1CNCCO1)NCc1noc(-c2c(F)cccc2F)n1. The van der Waals surface area contributed by atoms with Crippen LogP contribution in [0.1, 0.15) is 12.2 Å². The Morgan fingerprint density at radius 1 is 1.38 bits per heavy atom. The maximum absolute atomic E-state index is 13.7. The maximum atomic E-state index is 13.7. The van der Waals surface area contributed by atoms with Gasteiger partial charge in [-0.1, -0.05) is 11.2 Å². The Hall–Kier alpha value is -2.39. The van der Waals surface area contributed by atoms with Gasteiger partial charge in [-0.05, 0) is 12.1 Å². The van der Waals surface area contributed by atoms with Crippen LogP contribution in [0.25, 0.3) is 11.5 Å². The third kappa shape index (κ3) is 3.92. The van der Waals surface area contributed by atoms with E-state index in [2.05, 4.69) is 20.8 Å². The summed E-state index contributed by atoms with van der Waals surface area (Å²) in [7, 11) is 0. The van der Waals surface area contributed by atoms with Crippen molar-refractivity contribution in [2.24, 2.45) is 0 Å². The van der Waals surface area contributed by atoms with Gasteiger partial charge in [-0.25, -0.2) is 8.78 Å². The predicted molar refractivity (Wildman–Crippen MR) is 78.7 cm³/mol. The minimum Gasteiger partial charge on any atom is -0.375 e. The van der Waals surface area contributed by atoms with Crippen molar-refractivity contribution in [1.82, 2.24) is 20.8 Å². The fourth-order valence-corrected chi connectivity index (χ4v) is 2.34. The zero-order valence-corrected chi connectivity index (χ0v) is 12.7. The molecule has 1 saturated heterocycles. The topological polar surface area (TPSA) is 89.3 Å². The normalized spacial score (nSPS) is 17.7. The summed E-state index contributed by atoms with van der Waals surface area (Å²) in [6, 6.07) is 3.44. The average molecular weight is 338 g/mol. The molecule has 0 saturated carbocycles. The van der Waals surface area contributed by atoms with Gasteiger partial charge in [-0.15, -0.1) is 0 Å². The molecule has 1 aliphatic rings. The van der Waals surface area contributed by atoms with Crippen molar-refractivity contribution in [3.63, 3.8) is 0 Å². The van der Waals surface area contributed by atoms with E-state index in [1.807, 2.05) is 0 Å². The Balaban J connectivity index is 1.57. The molecule has 128 valence electrons. The third-order valence-corrected chi connectivity index (χ3v) is 3.51. The molecule has 3 rings (SSSR count). The maximum Gasteiger partial charge on any atom is 0.263 e. The number of nitrogens with one attached hydrogen (secondary N) is 2. The van der Waals surface area contributed by atoms with E-state index in [1.165, 1.54) is 6.07 Å². The number of nitrogens with zero attached hydrogens (tertiary/aromatic N) is 2. The lowest BCUT2D eigenvalue weighted by Gasteiger charge is -2.22. The van der Waals surface area contributed by atoms with Crippen molar-refractivity contribution >= 4 is 5.91 Å². The van der Waals surface area contributed by atoms with Crippen LogP contribution in [0.3, 0.4) is 0 Å². The minimum atomic E-state index is -0.795. The molecule has 24 heavy (non-hydrogen) atoms. The van der Waals surface area contributed by atoms with Crippen LogP contribution in [0.2, 0.25) is 0 Å². The van der Waals surface area contributed by atoms with Crippen LogP contribution < -0.4 is 10.6 Å². The Bertz CT molecular complexity index is 696. The van der Waals surface area contributed by atoms with Crippen LogP contribution >= 0.6 is 0 Å². The van der Waals surface area contributed by atoms with Crippen LogP contribution in [-0.2, 0) is 16.1 Å². The molecule has 0 spiro atoms. The Labute approximate surface area is 136 Å². The number of carbonyl (C=O) groups excluding carboxylic acids is 1. The van der Waals surface area contributed by atoms with Crippen LogP contribution in [0.5, 0.6) is 0 Å². The fraction of sp³-hybridized carbons (Fsp3) is 0.400. The van der Waals surface area contributed by atoms with Gasteiger partial charge in [0.15, 0.2) is 5.82 Å². The summed E-state index contributed by atoms with van der Waals surface area (Å²) in [5, 5.41) is 9.37. The quantitative estimate of drug-likeness (QED) is 0.846. The summed E-state index contributed by atoms with van der Waals surface area (Å²) < 4.78 is 37.6. The van der Waals surface area contributed by atoms with Crippen LogP contribution in [0.4, 0.5) is 8.78 Å². The molecule has 1 fully saturated rings. The van der Waals surface area contributed by atoms with E-state index in [-0.39, 0.29) is 42.3 Å². The van der Waals surface area contributed by atoms with Gasteiger partial charge in [-0.2, -0.15) is 4.98 Å². The van der Waals surface area contributed by atoms with Gasteiger partial charge in [0.1, 0.15) is 17.2 Å². The van der Waals surface area contributed by atoms with Crippen molar-refractivity contribution in [2.75, 3.05) is 19.7 Å². The van der Waals surface area contributed by atoms with Gasteiger partial charge in [0, 0.05) is 13.1 Å². The predicted octanol–water partition coefficient (Wildman–Crippen LogP) is 1.01. The first-order chi connectivity index (χ1) is 11.6. The summed E-state index contributed by atoms with van der Waals surface area (Å²) in [4.78, 5) is 15.7. The lowest BCUT2D eigenvalue weighted by Crippen LogP contribution is -2.41. The molecule has 0 radical (unpaired) electrons. The summed E-state index contributed by atoms with van der Waals surface area (Å²) >= 11 is 0. The van der Waals surface area contributed by atoms with Crippen molar-refractivity contribution in [3.8, 4) is 11.5 Å². The summed E-state index contributed by atoms with van der Waals surface area (Å²) in [6.45, 7) is 1.96. The number of carbonyl (C=O) groups is 1. The highest BCUT2D eigenvalue weighted by atomic mass is 19.1. The van der Waals surface area contributed by atoms with E-state index in [0.29, 0.717) is 13.2 Å². The number of rotatable bonds is 5. The highest BCUT2D eigenvalue weighted by Crippen LogP contribution is 2.24. The Kier molecular flexibility index (Phi) is 5.11. The largest absolute Gasteiger partial charge is 0.375 e. The lowest BCUT2D eigenvalue weighted by atomic mass is 10.2. The van der Waals surface area contributed by atoms with Crippen LogP contribution in [-0.4, -0.2) is 41.8 Å². The van der Waals surface area contributed by atoms with Gasteiger partial charge in [0.2, 0.25) is 5.91 Å². The monoisotopic (exact) mass is 338 g/mol. The molecule has 1 atom stereocenters. The third-order valence-electron chi connectivity index (χ3n) is 3.51. The number of benzene rings is 1. The van der Waals surface area contributed by atoms with Gasteiger partial charge >= 0.3 is 0 Å². The molecular weight excluding hydrogens is 322 g/mol. The average Bonchev–Trinajstić information content (AvgIpc) is 3.02. The zero-order valence-electron chi connectivity index (χ0n) is 12.7. The van der Waals surface area contributed by atoms with Gasteiger partial charge in [0.05, 0.1) is 25.7 Å². The first kappa shape index (κ1) is 16.5. The first-order valence-corrected chi connectivity index (χ1v) is 7.49. The molecule has 0 aliphatic carbocycles. The lowest BCUT2D eigenvalue weighted by molar-refractivity contribution is -0.124.